The van der Waals surface area contributed by atoms with Crippen LogP contribution in [0.1, 0.15) is 6.92 Å². The van der Waals surface area contributed by atoms with Crippen LogP contribution in [0.25, 0.3) is 22.2 Å². The minimum Gasteiger partial charge on any atom is -0.301 e. The van der Waals surface area contributed by atoms with E-state index in [9.17, 15) is 9.59 Å². The molecule has 30 heavy (non-hydrogen) atoms. The average molecular weight is 501 g/mol. The second-order valence-electron chi connectivity index (χ2n) is 6.57. The van der Waals surface area contributed by atoms with Crippen molar-refractivity contribution in [1.82, 2.24) is 14.5 Å². The highest BCUT2D eigenvalue weighted by molar-refractivity contribution is 9.10. The van der Waals surface area contributed by atoms with Crippen molar-refractivity contribution in [1.29, 1.82) is 0 Å². The summed E-state index contributed by atoms with van der Waals surface area (Å²) in [5.41, 5.74) is 2.28. The second-order valence-corrected chi connectivity index (χ2v) is 9.65. The molecule has 0 saturated heterocycles. The molecule has 6 nitrogen and oxygen atoms in total. The van der Waals surface area contributed by atoms with Crippen molar-refractivity contribution in [3.63, 3.8) is 0 Å². The fourth-order valence-corrected chi connectivity index (χ4v) is 4.67. The van der Waals surface area contributed by atoms with Crippen molar-refractivity contribution < 1.29 is 4.79 Å². The Balaban J connectivity index is 1.48. The third-order valence-electron chi connectivity index (χ3n) is 4.47. The summed E-state index contributed by atoms with van der Waals surface area (Å²) in [5, 5.41) is 5.90. The van der Waals surface area contributed by atoms with E-state index in [1.807, 2.05) is 41.8 Å². The van der Waals surface area contributed by atoms with E-state index in [1.54, 1.807) is 26.1 Å². The van der Waals surface area contributed by atoms with E-state index in [-0.39, 0.29) is 11.5 Å². The first kappa shape index (κ1) is 20.8. The maximum Gasteiger partial charge on any atom is 0.261 e. The fraction of sp³-hybridized carbons (Fsp3) is 0.143. The summed E-state index contributed by atoms with van der Waals surface area (Å²) in [6.45, 7) is 1.78. The summed E-state index contributed by atoms with van der Waals surface area (Å²) in [4.78, 5) is 34.3. The zero-order chi connectivity index (χ0) is 21.3. The molecule has 1 amide bonds. The van der Waals surface area contributed by atoms with Crippen LogP contribution in [0.4, 0.5) is 5.13 Å². The molecule has 0 spiro atoms. The molecule has 2 heterocycles. The molecule has 1 unspecified atom stereocenters. The Labute approximate surface area is 189 Å². The Morgan fingerprint density at radius 3 is 2.67 bits per heavy atom. The zero-order valence-corrected chi connectivity index (χ0v) is 19.3. The Morgan fingerprint density at radius 2 is 1.90 bits per heavy atom. The van der Waals surface area contributed by atoms with Crippen LogP contribution in [0.15, 0.2) is 68.3 Å². The van der Waals surface area contributed by atoms with Crippen molar-refractivity contribution in [2.75, 3.05) is 5.32 Å². The lowest BCUT2D eigenvalue weighted by Crippen LogP contribution is -2.25. The van der Waals surface area contributed by atoms with Crippen molar-refractivity contribution in [2.45, 2.75) is 17.3 Å². The topological polar surface area (TPSA) is 76.9 Å². The van der Waals surface area contributed by atoms with Gasteiger partial charge in [-0.05, 0) is 31.2 Å². The molecule has 1 atom stereocenters. The molecule has 2 aromatic carbocycles. The number of thiazole rings is 1. The summed E-state index contributed by atoms with van der Waals surface area (Å²) in [5.74, 6) is -0.195. The number of amides is 1. The normalized spacial score (nSPS) is 12.1. The molecular formula is C21H17BrN4O2S2. The number of benzene rings is 2. The van der Waals surface area contributed by atoms with E-state index in [0.29, 0.717) is 21.2 Å². The van der Waals surface area contributed by atoms with Crippen LogP contribution in [-0.2, 0) is 11.8 Å². The third-order valence-corrected chi connectivity index (χ3v) is 6.90. The Hall–Kier alpha value is -2.49. The monoisotopic (exact) mass is 500 g/mol. The molecule has 0 radical (unpaired) electrons. The second kappa shape index (κ2) is 8.71. The van der Waals surface area contributed by atoms with Crippen LogP contribution in [0.5, 0.6) is 0 Å². The SMILES string of the molecule is CC(Sc1nc2ccccc2c(=O)n1C)C(=O)Nc1nc(-c2ccc(Br)cc2)cs1. The number of fused-ring (bicyclic) bond motifs is 1. The van der Waals surface area contributed by atoms with Crippen LogP contribution in [0, 0.1) is 0 Å². The highest BCUT2D eigenvalue weighted by Gasteiger charge is 2.19. The smallest absolute Gasteiger partial charge is 0.261 e. The first-order chi connectivity index (χ1) is 14.4. The number of aromatic nitrogens is 3. The van der Waals surface area contributed by atoms with Crippen LogP contribution in [0.2, 0.25) is 0 Å². The van der Waals surface area contributed by atoms with Gasteiger partial charge in [-0.3, -0.25) is 14.2 Å². The quantitative estimate of drug-likeness (QED) is 0.310. The van der Waals surface area contributed by atoms with E-state index >= 15 is 0 Å². The molecule has 9 heteroatoms. The van der Waals surface area contributed by atoms with Gasteiger partial charge in [0, 0.05) is 22.5 Å². The lowest BCUT2D eigenvalue weighted by molar-refractivity contribution is -0.115. The number of anilines is 1. The number of nitrogens with zero attached hydrogens (tertiary/aromatic N) is 3. The number of thioether (sulfide) groups is 1. The van der Waals surface area contributed by atoms with Gasteiger partial charge in [0.05, 0.1) is 21.8 Å². The third kappa shape index (κ3) is 4.33. The summed E-state index contributed by atoms with van der Waals surface area (Å²) >= 11 is 6.03. The molecule has 0 fully saturated rings. The van der Waals surface area contributed by atoms with Crippen molar-refractivity contribution in [3.8, 4) is 11.3 Å². The molecule has 0 bridgehead atoms. The molecule has 0 saturated carbocycles. The lowest BCUT2D eigenvalue weighted by atomic mass is 10.2. The van der Waals surface area contributed by atoms with Crippen LogP contribution < -0.4 is 10.9 Å². The lowest BCUT2D eigenvalue weighted by Gasteiger charge is -2.13. The predicted octanol–water partition coefficient (Wildman–Crippen LogP) is 4.94. The van der Waals surface area contributed by atoms with E-state index in [4.69, 9.17) is 0 Å². The minimum atomic E-state index is -0.454. The predicted molar refractivity (Wildman–Crippen MR) is 126 cm³/mol. The van der Waals surface area contributed by atoms with E-state index in [2.05, 4.69) is 31.2 Å². The molecule has 4 aromatic rings. The maximum absolute atomic E-state index is 12.7. The standard InChI is InChI=1S/C21H17BrN4O2S2/c1-12(30-21-24-16-6-4-3-5-15(16)19(28)26(21)2)18(27)25-20-23-17(11-29-20)13-7-9-14(22)10-8-13/h3-12H,1-2H3,(H,23,25,27). The summed E-state index contributed by atoms with van der Waals surface area (Å²) in [6.07, 6.45) is 0. The largest absolute Gasteiger partial charge is 0.301 e. The summed E-state index contributed by atoms with van der Waals surface area (Å²) < 4.78 is 2.48. The van der Waals surface area contributed by atoms with E-state index < -0.39 is 5.25 Å². The van der Waals surface area contributed by atoms with Gasteiger partial charge in [0.15, 0.2) is 10.3 Å². The fourth-order valence-electron chi connectivity index (χ4n) is 2.81. The van der Waals surface area contributed by atoms with Crippen LogP contribution >= 0.6 is 39.0 Å². The summed E-state index contributed by atoms with van der Waals surface area (Å²) in [6, 6.07) is 15.0. The number of halogens is 1. The van der Waals surface area contributed by atoms with Gasteiger partial charge in [-0.25, -0.2) is 9.97 Å². The number of hydrogen-bond acceptors (Lipinski definition) is 6. The number of hydrogen-bond donors (Lipinski definition) is 1. The molecule has 152 valence electrons. The molecule has 4 rings (SSSR count). The first-order valence-corrected chi connectivity index (χ1v) is 11.6. The van der Waals surface area contributed by atoms with Crippen LogP contribution in [-0.4, -0.2) is 25.7 Å². The summed E-state index contributed by atoms with van der Waals surface area (Å²) in [7, 11) is 1.67. The molecular weight excluding hydrogens is 484 g/mol. The first-order valence-electron chi connectivity index (χ1n) is 9.07. The minimum absolute atomic E-state index is 0.130. The molecule has 2 aromatic heterocycles. The number of carbonyl (C=O) groups is 1. The van der Waals surface area contributed by atoms with E-state index in [0.717, 1.165) is 15.7 Å². The Kier molecular flexibility index (Phi) is 6.03. The molecule has 0 aliphatic rings. The van der Waals surface area contributed by atoms with Gasteiger partial charge in [0.25, 0.3) is 5.56 Å². The zero-order valence-electron chi connectivity index (χ0n) is 16.1. The van der Waals surface area contributed by atoms with Crippen molar-refractivity contribution in [3.05, 3.63) is 68.7 Å². The number of nitrogens with one attached hydrogen (secondary N) is 1. The highest BCUT2D eigenvalue weighted by atomic mass is 79.9. The number of rotatable bonds is 5. The average Bonchev–Trinajstić information content (AvgIpc) is 3.20. The van der Waals surface area contributed by atoms with Gasteiger partial charge in [0.1, 0.15) is 0 Å². The number of para-hydroxylation sites is 1. The van der Waals surface area contributed by atoms with Crippen LogP contribution in [0.3, 0.4) is 0 Å². The van der Waals surface area contributed by atoms with Gasteiger partial charge in [0.2, 0.25) is 5.91 Å². The molecule has 1 N–H and O–H groups in total. The van der Waals surface area contributed by atoms with Crippen molar-refractivity contribution >= 4 is 61.0 Å². The Bertz CT molecular complexity index is 1280. The number of carbonyl (C=O) groups excluding carboxylic acids is 1. The van der Waals surface area contributed by atoms with Gasteiger partial charge in [-0.1, -0.05) is 52.0 Å². The van der Waals surface area contributed by atoms with Gasteiger partial charge < -0.3 is 5.32 Å². The Morgan fingerprint density at radius 1 is 1.17 bits per heavy atom. The van der Waals surface area contributed by atoms with Crippen molar-refractivity contribution in [2.24, 2.45) is 7.05 Å². The van der Waals surface area contributed by atoms with Gasteiger partial charge >= 0.3 is 0 Å². The molecule has 0 aliphatic carbocycles. The van der Waals surface area contributed by atoms with Gasteiger partial charge in [-0.15, -0.1) is 11.3 Å². The molecule has 0 aliphatic heterocycles. The van der Waals surface area contributed by atoms with E-state index in [1.165, 1.54) is 27.7 Å². The van der Waals surface area contributed by atoms with Gasteiger partial charge in [-0.2, -0.15) is 0 Å². The highest BCUT2D eigenvalue weighted by Crippen LogP contribution is 2.27. The maximum atomic E-state index is 12.7.